The van der Waals surface area contributed by atoms with E-state index < -0.39 is 5.60 Å². The van der Waals surface area contributed by atoms with E-state index in [0.29, 0.717) is 12.8 Å². The van der Waals surface area contributed by atoms with E-state index in [1.807, 2.05) is 13.8 Å². The van der Waals surface area contributed by atoms with Gasteiger partial charge in [0.2, 0.25) is 0 Å². The van der Waals surface area contributed by atoms with E-state index in [1.165, 1.54) is 0 Å². The number of rotatable bonds is 0. The van der Waals surface area contributed by atoms with Crippen LogP contribution in [0.4, 0.5) is 0 Å². The molecule has 1 N–H and O–H groups in total. The number of carbonyl (C=O) groups is 1. The van der Waals surface area contributed by atoms with Crippen LogP contribution in [-0.4, -0.2) is 22.8 Å². The van der Waals surface area contributed by atoms with E-state index in [4.69, 9.17) is 4.74 Å². The zero-order valence-corrected chi connectivity index (χ0v) is 8.54. The Balaban J connectivity index is 2.67. The highest BCUT2D eigenvalue weighted by atomic mass is 16.6. The van der Waals surface area contributed by atoms with Crippen LogP contribution in [0.15, 0.2) is 0 Å². The van der Waals surface area contributed by atoms with Gasteiger partial charge in [-0.15, -0.1) is 0 Å². The topological polar surface area (TPSA) is 46.5 Å². The highest BCUT2D eigenvalue weighted by Crippen LogP contribution is 2.25. The summed E-state index contributed by atoms with van der Waals surface area (Å²) in [5.41, 5.74) is -0.424. The van der Waals surface area contributed by atoms with Gasteiger partial charge in [-0.1, -0.05) is 6.92 Å². The molecule has 13 heavy (non-hydrogen) atoms. The van der Waals surface area contributed by atoms with Gasteiger partial charge in [0, 0.05) is 0 Å². The lowest BCUT2D eigenvalue weighted by molar-refractivity contribution is -0.165. The molecule has 0 aromatic heterocycles. The summed E-state index contributed by atoms with van der Waals surface area (Å²) in [6.07, 6.45) is 1.61. The van der Waals surface area contributed by atoms with Crippen molar-refractivity contribution in [2.75, 3.05) is 0 Å². The van der Waals surface area contributed by atoms with Gasteiger partial charge in [0.15, 0.2) is 0 Å². The quantitative estimate of drug-likeness (QED) is 0.583. The Morgan fingerprint density at radius 3 is 2.77 bits per heavy atom. The van der Waals surface area contributed by atoms with Crippen LogP contribution in [0.5, 0.6) is 0 Å². The first-order valence-electron chi connectivity index (χ1n) is 4.81. The number of aliphatic hydroxyl groups excluding tert-OH is 1. The maximum absolute atomic E-state index is 11.4. The minimum atomic E-state index is -0.424. The minimum Gasteiger partial charge on any atom is -0.459 e. The molecule has 2 atom stereocenters. The zero-order chi connectivity index (χ0) is 10.1. The summed E-state index contributed by atoms with van der Waals surface area (Å²) in [7, 11) is 0. The normalized spacial score (nSPS) is 34.6. The van der Waals surface area contributed by atoms with Crippen molar-refractivity contribution < 1.29 is 14.6 Å². The van der Waals surface area contributed by atoms with Crippen molar-refractivity contribution in [2.45, 2.75) is 51.7 Å². The Morgan fingerprint density at radius 2 is 2.15 bits per heavy atom. The second-order valence-corrected chi connectivity index (χ2v) is 4.51. The zero-order valence-electron chi connectivity index (χ0n) is 8.54. The minimum absolute atomic E-state index is 0.186. The van der Waals surface area contributed by atoms with Crippen molar-refractivity contribution in [1.29, 1.82) is 0 Å². The van der Waals surface area contributed by atoms with Gasteiger partial charge in [-0.25, -0.2) is 0 Å². The molecular formula is C10H18O3. The molecule has 1 heterocycles. The maximum atomic E-state index is 11.4. The van der Waals surface area contributed by atoms with Crippen LogP contribution in [0.2, 0.25) is 0 Å². The van der Waals surface area contributed by atoms with Gasteiger partial charge >= 0.3 is 5.97 Å². The number of esters is 1. The van der Waals surface area contributed by atoms with Crippen LogP contribution in [-0.2, 0) is 9.53 Å². The molecule has 0 aliphatic carbocycles. The summed E-state index contributed by atoms with van der Waals surface area (Å²) in [6.45, 7) is 5.57. The molecule has 1 saturated heterocycles. The summed E-state index contributed by atoms with van der Waals surface area (Å²) in [4.78, 5) is 11.4. The van der Waals surface area contributed by atoms with Gasteiger partial charge in [0.25, 0.3) is 0 Å². The molecule has 1 rings (SSSR count). The molecule has 0 amide bonds. The number of carbonyl (C=O) groups excluding carboxylic acids is 1. The molecule has 76 valence electrons. The van der Waals surface area contributed by atoms with Crippen molar-refractivity contribution >= 4 is 5.97 Å². The van der Waals surface area contributed by atoms with Gasteiger partial charge in [-0.3, -0.25) is 4.79 Å². The highest BCUT2D eigenvalue weighted by molar-refractivity contribution is 5.72. The molecule has 3 nitrogen and oxygen atoms in total. The Labute approximate surface area is 79.1 Å². The second kappa shape index (κ2) is 3.66. The van der Waals surface area contributed by atoms with Crippen LogP contribution in [0.3, 0.4) is 0 Å². The first-order valence-corrected chi connectivity index (χ1v) is 4.81. The Morgan fingerprint density at radius 1 is 1.54 bits per heavy atom. The fourth-order valence-electron chi connectivity index (χ4n) is 1.56. The summed E-state index contributed by atoms with van der Waals surface area (Å²) >= 11 is 0. The molecule has 0 radical (unpaired) electrons. The number of aliphatic hydroxyl groups is 1. The number of cyclic esters (lactones) is 1. The van der Waals surface area contributed by atoms with Crippen LogP contribution in [0, 0.1) is 5.92 Å². The molecule has 0 spiro atoms. The Bertz CT molecular complexity index is 198. The summed E-state index contributed by atoms with van der Waals surface area (Å²) in [6, 6.07) is 0. The van der Waals surface area contributed by atoms with Gasteiger partial charge in [0.05, 0.1) is 12.0 Å². The SMILES string of the molecule is CC1CC(O)CCC(C)(C)OC1=O. The number of ether oxygens (including phenoxy) is 1. The van der Waals surface area contributed by atoms with E-state index >= 15 is 0 Å². The second-order valence-electron chi connectivity index (χ2n) is 4.51. The predicted molar refractivity (Wildman–Crippen MR) is 49.2 cm³/mol. The molecule has 1 aliphatic heterocycles. The van der Waals surface area contributed by atoms with Crippen molar-refractivity contribution in [1.82, 2.24) is 0 Å². The van der Waals surface area contributed by atoms with Gasteiger partial charge in [-0.2, -0.15) is 0 Å². The third kappa shape index (κ3) is 2.99. The summed E-state index contributed by atoms with van der Waals surface area (Å²) < 4.78 is 5.29. The Kier molecular flexibility index (Phi) is 2.96. The lowest BCUT2D eigenvalue weighted by Gasteiger charge is -2.31. The molecule has 0 saturated carbocycles. The lowest BCUT2D eigenvalue weighted by atomic mass is 9.92. The molecule has 1 aliphatic rings. The lowest BCUT2D eigenvalue weighted by Crippen LogP contribution is -2.35. The number of hydrogen-bond donors (Lipinski definition) is 1. The third-order valence-corrected chi connectivity index (χ3v) is 2.48. The van der Waals surface area contributed by atoms with Crippen molar-refractivity contribution in [2.24, 2.45) is 5.92 Å². The van der Waals surface area contributed by atoms with Crippen molar-refractivity contribution in [3.8, 4) is 0 Å². The highest BCUT2D eigenvalue weighted by Gasteiger charge is 2.30. The van der Waals surface area contributed by atoms with Crippen LogP contribution in [0.25, 0.3) is 0 Å². The number of hydrogen-bond acceptors (Lipinski definition) is 3. The largest absolute Gasteiger partial charge is 0.459 e. The van der Waals surface area contributed by atoms with E-state index in [0.717, 1.165) is 6.42 Å². The molecule has 0 bridgehead atoms. The van der Waals surface area contributed by atoms with Crippen LogP contribution >= 0.6 is 0 Å². The fraction of sp³-hybridized carbons (Fsp3) is 0.900. The molecule has 0 aromatic carbocycles. The van der Waals surface area contributed by atoms with Gasteiger partial charge < -0.3 is 9.84 Å². The Hall–Kier alpha value is -0.570. The first-order chi connectivity index (χ1) is 5.91. The third-order valence-electron chi connectivity index (χ3n) is 2.48. The van der Waals surface area contributed by atoms with Crippen LogP contribution < -0.4 is 0 Å². The standard InChI is InChI=1S/C10H18O3/c1-7-6-8(11)4-5-10(2,3)13-9(7)12/h7-8,11H,4-6H2,1-3H3. The van der Waals surface area contributed by atoms with Gasteiger partial charge in [0.1, 0.15) is 5.60 Å². The van der Waals surface area contributed by atoms with E-state index in [2.05, 4.69) is 0 Å². The van der Waals surface area contributed by atoms with E-state index in [1.54, 1.807) is 6.92 Å². The molecule has 3 heteroatoms. The van der Waals surface area contributed by atoms with E-state index in [-0.39, 0.29) is 18.0 Å². The van der Waals surface area contributed by atoms with Gasteiger partial charge in [-0.05, 0) is 33.1 Å². The molecule has 2 unspecified atom stereocenters. The average Bonchev–Trinajstić information content (AvgIpc) is 1.99. The van der Waals surface area contributed by atoms with Crippen LogP contribution in [0.1, 0.15) is 40.0 Å². The molecule has 1 fully saturated rings. The smallest absolute Gasteiger partial charge is 0.309 e. The first kappa shape index (κ1) is 10.5. The average molecular weight is 186 g/mol. The molecule has 0 aromatic rings. The molecular weight excluding hydrogens is 168 g/mol. The van der Waals surface area contributed by atoms with Crippen molar-refractivity contribution in [3.05, 3.63) is 0 Å². The predicted octanol–water partition coefficient (Wildman–Crippen LogP) is 1.49. The summed E-state index contributed by atoms with van der Waals surface area (Å²) in [5, 5.41) is 9.53. The van der Waals surface area contributed by atoms with Crippen molar-refractivity contribution in [3.63, 3.8) is 0 Å². The monoisotopic (exact) mass is 186 g/mol. The maximum Gasteiger partial charge on any atom is 0.309 e. The fourth-order valence-corrected chi connectivity index (χ4v) is 1.56. The van der Waals surface area contributed by atoms with E-state index in [9.17, 15) is 9.90 Å². The summed E-state index contributed by atoms with van der Waals surface area (Å²) in [5.74, 6) is -0.377.